The number of hydrogen-bond acceptors (Lipinski definition) is 17. The molecule has 11 rings (SSSR count). The molecule has 1 saturated carbocycles. The van der Waals surface area contributed by atoms with Crippen LogP contribution in [0.3, 0.4) is 0 Å². The van der Waals surface area contributed by atoms with E-state index in [0.717, 1.165) is 45.5 Å². The largest absolute Gasteiger partial charge is 0.543 e. The van der Waals surface area contributed by atoms with Crippen molar-refractivity contribution in [2.45, 2.75) is 107 Å². The van der Waals surface area contributed by atoms with Gasteiger partial charge < -0.3 is 42.7 Å². The molecule has 7 aromatic carbocycles. The number of carbonyl (C=O) groups is 1. The summed E-state index contributed by atoms with van der Waals surface area (Å²) in [4.78, 5) is 34.0. The van der Waals surface area contributed by atoms with Gasteiger partial charge in [-0.25, -0.2) is 24.7 Å². The van der Waals surface area contributed by atoms with E-state index in [-0.39, 0.29) is 52.1 Å². The highest BCUT2D eigenvalue weighted by molar-refractivity contribution is 7.86. The minimum Gasteiger partial charge on any atom is -0.543 e. The van der Waals surface area contributed by atoms with E-state index in [9.17, 15) is 18.3 Å². The molecule has 1 aliphatic carbocycles. The van der Waals surface area contributed by atoms with Crippen molar-refractivity contribution < 1.29 is 60.1 Å². The zero-order chi connectivity index (χ0) is 67.2. The summed E-state index contributed by atoms with van der Waals surface area (Å²) < 4.78 is 84.8. The highest BCUT2D eigenvalue weighted by Gasteiger charge is 2.41. The van der Waals surface area contributed by atoms with Crippen molar-refractivity contribution in [2.24, 2.45) is 0 Å². The summed E-state index contributed by atoms with van der Waals surface area (Å²) in [5.41, 5.74) is 5.71. The number of para-hydroxylation sites is 1. The predicted octanol–water partition coefficient (Wildman–Crippen LogP) is 16.2. The number of aryl methyl sites for hydroxylation is 1. The molecule has 0 saturated heterocycles. The van der Waals surface area contributed by atoms with Gasteiger partial charge in [-0.3, -0.25) is 4.18 Å². The zero-order valence-corrected chi connectivity index (χ0v) is 57.9. The number of carboxylic acid groups (broad SMARTS) is 1. The fraction of sp³-hybridized carbons (Fsp3) is 0.284. The van der Waals surface area contributed by atoms with Crippen molar-refractivity contribution in [3.63, 3.8) is 0 Å². The molecule has 0 bridgehead atoms. The number of fused-ring (bicyclic) bond motifs is 1. The first-order valence-electron chi connectivity index (χ1n) is 31.1. The highest BCUT2D eigenvalue weighted by Crippen LogP contribution is 2.54. The number of carboxylic acids is 1. The van der Waals surface area contributed by atoms with E-state index in [1.807, 2.05) is 135 Å². The first kappa shape index (κ1) is 67.5. The number of thiophene rings is 1. The molecule has 95 heavy (non-hydrogen) atoms. The Hall–Kier alpha value is -8.89. The summed E-state index contributed by atoms with van der Waals surface area (Å²) in [6.45, 7) is 13.8. The average Bonchev–Trinajstić information content (AvgIpc) is 1.65. The predicted molar refractivity (Wildman–Crippen MR) is 370 cm³/mol. The molecule has 0 radical (unpaired) electrons. The monoisotopic (exact) mass is 1350 g/mol. The molecule has 492 valence electrons. The van der Waals surface area contributed by atoms with Crippen LogP contribution >= 0.6 is 22.9 Å². The summed E-state index contributed by atoms with van der Waals surface area (Å²) in [6.07, 6.45) is 2.13. The summed E-state index contributed by atoms with van der Waals surface area (Å²) in [5.74, 6) is 2.56. The van der Waals surface area contributed by atoms with Gasteiger partial charge in [0.1, 0.15) is 70.6 Å². The topological polar surface area (TPSA) is 206 Å². The van der Waals surface area contributed by atoms with Gasteiger partial charge in [-0.1, -0.05) is 123 Å². The second-order valence-electron chi connectivity index (χ2n) is 24.8. The van der Waals surface area contributed by atoms with Crippen molar-refractivity contribution in [1.82, 2.24) is 19.9 Å². The van der Waals surface area contributed by atoms with E-state index in [1.165, 1.54) is 29.8 Å². The number of benzene rings is 7. The third kappa shape index (κ3) is 15.0. The van der Waals surface area contributed by atoms with Gasteiger partial charge >= 0.3 is 5.97 Å². The Morgan fingerprint density at radius 2 is 1.35 bits per heavy atom. The van der Waals surface area contributed by atoms with Crippen LogP contribution in [0.5, 0.6) is 40.4 Å². The van der Waals surface area contributed by atoms with Crippen molar-refractivity contribution >= 4 is 57.6 Å². The van der Waals surface area contributed by atoms with E-state index in [2.05, 4.69) is 43.8 Å². The number of aliphatic carboxylic acids is 1. The first-order chi connectivity index (χ1) is 45.6. The van der Waals surface area contributed by atoms with Crippen LogP contribution in [0.1, 0.15) is 83.5 Å². The minimum absolute atomic E-state index is 0.0259. The smallest absolute Gasteiger partial charge is 0.345 e. The van der Waals surface area contributed by atoms with Crippen LogP contribution in [0.2, 0.25) is 23.2 Å². The SMILES string of the molecule is COc1ccc(C(OCC(COS(=O)(=O)c2ccc(C)cc2)Oc2ccc(-c3c(C4CC4)sc4ncnc(OC(Cc5cc(O[Si](C)(C)C(C)(C)C)ccc5OCc5ccnc(-c6ccccc6OC)n5)C(=O)O)c34)c(C)c2Cl)(c2ccccc2)c2ccc(OC)cc2)cc1. The number of methoxy groups -OCH3 is 3. The molecule has 1 N–H and O–H groups in total. The molecule has 3 heterocycles. The maximum absolute atomic E-state index is 14.0. The Kier molecular flexibility index (Phi) is 20.3. The Morgan fingerprint density at radius 1 is 0.705 bits per heavy atom. The van der Waals surface area contributed by atoms with Gasteiger partial charge in [0.25, 0.3) is 10.1 Å². The van der Waals surface area contributed by atoms with E-state index >= 15 is 0 Å². The number of ether oxygens (including phenoxy) is 7. The van der Waals surface area contributed by atoms with E-state index in [1.54, 1.807) is 57.9 Å². The number of halogens is 1. The maximum atomic E-state index is 14.0. The fourth-order valence-corrected chi connectivity index (χ4v) is 14.4. The van der Waals surface area contributed by atoms with Gasteiger partial charge in [0.2, 0.25) is 20.3 Å². The van der Waals surface area contributed by atoms with Gasteiger partial charge in [0.15, 0.2) is 5.82 Å². The molecule has 2 atom stereocenters. The molecule has 10 aromatic rings. The third-order valence-corrected chi connectivity index (χ3v) is 24.7. The minimum atomic E-state index is -4.32. The zero-order valence-electron chi connectivity index (χ0n) is 54.5. The Labute approximate surface area is 564 Å². The molecule has 0 amide bonds. The molecular formula is C74H75ClN4O13S2Si. The summed E-state index contributed by atoms with van der Waals surface area (Å²) in [5, 5.41) is 11.8. The summed E-state index contributed by atoms with van der Waals surface area (Å²) in [6, 6.07) is 49.6. The van der Waals surface area contributed by atoms with Crippen LogP contribution in [0, 0.1) is 13.8 Å². The lowest BCUT2D eigenvalue weighted by Gasteiger charge is -2.37. The summed E-state index contributed by atoms with van der Waals surface area (Å²) in [7, 11) is -1.91. The second-order valence-corrected chi connectivity index (χ2v) is 32.5. The van der Waals surface area contributed by atoms with Crippen molar-refractivity contribution in [3.8, 4) is 62.9 Å². The molecule has 0 spiro atoms. The first-order valence-corrected chi connectivity index (χ1v) is 36.6. The van der Waals surface area contributed by atoms with E-state index < -0.39 is 48.8 Å². The number of nitrogens with zero attached hydrogens (tertiary/aromatic N) is 4. The molecule has 21 heteroatoms. The van der Waals surface area contributed by atoms with Crippen LogP contribution in [0.15, 0.2) is 181 Å². The average molecular weight is 1360 g/mol. The van der Waals surface area contributed by atoms with Gasteiger partial charge in [-0.05, 0) is 157 Å². The lowest BCUT2D eigenvalue weighted by atomic mass is 9.80. The van der Waals surface area contributed by atoms with Gasteiger partial charge in [0.05, 0.1) is 54.5 Å². The maximum Gasteiger partial charge on any atom is 0.345 e. The molecule has 2 unspecified atom stereocenters. The van der Waals surface area contributed by atoms with Gasteiger partial charge in [0, 0.05) is 28.6 Å². The van der Waals surface area contributed by atoms with Crippen LogP contribution in [0.25, 0.3) is 32.7 Å². The highest BCUT2D eigenvalue weighted by atomic mass is 35.5. The van der Waals surface area contributed by atoms with Crippen LogP contribution in [-0.4, -0.2) is 94.5 Å². The lowest BCUT2D eigenvalue weighted by Crippen LogP contribution is -2.43. The van der Waals surface area contributed by atoms with Crippen LogP contribution < -0.4 is 32.8 Å². The Bertz CT molecular complexity index is 4430. The van der Waals surface area contributed by atoms with Crippen LogP contribution in [-0.2, 0) is 42.5 Å². The molecular weight excluding hydrogens is 1280 g/mol. The number of aromatic nitrogens is 4. The van der Waals surface area contributed by atoms with Gasteiger partial charge in [-0.15, -0.1) is 11.3 Å². The normalized spacial score (nSPS) is 13.4. The Balaban J connectivity index is 0.941. The quantitative estimate of drug-likeness (QED) is 0.0275. The van der Waals surface area contributed by atoms with E-state index in [4.69, 9.17) is 63.3 Å². The molecule has 3 aromatic heterocycles. The third-order valence-electron chi connectivity index (χ3n) is 17.3. The molecule has 0 aliphatic heterocycles. The Morgan fingerprint density at radius 3 is 1.99 bits per heavy atom. The lowest BCUT2D eigenvalue weighted by molar-refractivity contribution is -0.145. The van der Waals surface area contributed by atoms with Crippen molar-refractivity contribution in [3.05, 3.63) is 225 Å². The summed E-state index contributed by atoms with van der Waals surface area (Å²) >= 11 is 9.04. The molecule has 1 aliphatic rings. The van der Waals surface area contributed by atoms with E-state index in [0.29, 0.717) is 72.7 Å². The number of hydrogen-bond donors (Lipinski definition) is 1. The fourth-order valence-electron chi connectivity index (χ4n) is 10.9. The van der Waals surface area contributed by atoms with Crippen molar-refractivity contribution in [1.29, 1.82) is 0 Å². The standard InChI is InChI=1S/C74H75ClN4O13S2Si/c1-46-20-33-58(34-21-46)94(82,83)89-44-57(43-88-74(50-16-12-11-13-17-50,51-24-28-54(84-6)29-25-51)52-26-30-55(85-7)31-27-52)90-63-37-35-59(47(2)67(63)75)65-66-70(77-45-78-71(66)93-68(65)48-22-23-48)91-64(72(80)81)41-49-40-56(92-95(9,10)73(3,4)5)32-36-61(49)87-42-53-38-39-76-69(79-53)60-18-14-15-19-62(60)86-8/h11-21,24-40,45,48,57,64H,22-23,41-44H2,1-10H3,(H,80,81). The van der Waals surface area contributed by atoms with Crippen LogP contribution in [0.4, 0.5) is 0 Å². The van der Waals surface area contributed by atoms with Gasteiger partial charge in [-0.2, -0.15) is 8.42 Å². The van der Waals surface area contributed by atoms with Crippen molar-refractivity contribution in [2.75, 3.05) is 34.5 Å². The second kappa shape index (κ2) is 28.6. The molecule has 1 fully saturated rings. The number of rotatable bonds is 28. The molecule has 17 nitrogen and oxygen atoms in total.